The third kappa shape index (κ3) is 3.60. The Morgan fingerprint density at radius 2 is 2.20 bits per heavy atom. The number of alkyl halides is 2. The van der Waals surface area contributed by atoms with Gasteiger partial charge in [-0.15, -0.1) is 0 Å². The van der Waals surface area contributed by atoms with Crippen molar-refractivity contribution in [2.24, 2.45) is 7.05 Å². The van der Waals surface area contributed by atoms with E-state index in [1.807, 2.05) is 20.2 Å². The predicted octanol–water partition coefficient (Wildman–Crippen LogP) is 3.60. The maximum atomic E-state index is 12.1. The Morgan fingerprint density at radius 3 is 2.75 bits per heavy atom. The van der Waals surface area contributed by atoms with E-state index in [0.29, 0.717) is 6.54 Å². The Hall–Kier alpha value is -1.82. The van der Waals surface area contributed by atoms with E-state index in [0.717, 1.165) is 16.9 Å². The number of hydrogen-bond donors (Lipinski definition) is 1. The minimum absolute atomic E-state index is 0.0372. The van der Waals surface area contributed by atoms with Crippen molar-refractivity contribution >= 4 is 17.3 Å². The summed E-state index contributed by atoms with van der Waals surface area (Å²) in [6.45, 7) is -0.390. The van der Waals surface area contributed by atoms with Crippen molar-refractivity contribution in [3.8, 4) is 5.75 Å². The lowest BCUT2D eigenvalue weighted by molar-refractivity contribution is -0.0497. The van der Waals surface area contributed by atoms with Crippen LogP contribution in [0.4, 0.5) is 14.5 Å². The Labute approximate surface area is 120 Å². The molecule has 0 fully saturated rings. The van der Waals surface area contributed by atoms with E-state index in [-0.39, 0.29) is 10.8 Å². The minimum atomic E-state index is -2.88. The molecule has 108 valence electrons. The van der Waals surface area contributed by atoms with Gasteiger partial charge < -0.3 is 10.1 Å². The second kappa shape index (κ2) is 6.09. The fraction of sp³-hybridized carbons (Fsp3) is 0.308. The number of ether oxygens (including phenoxy) is 1. The molecule has 1 N–H and O–H groups in total. The molecule has 1 heterocycles. The number of anilines is 1. The van der Waals surface area contributed by atoms with Crippen LogP contribution in [-0.2, 0) is 13.6 Å². The van der Waals surface area contributed by atoms with Crippen molar-refractivity contribution < 1.29 is 13.5 Å². The third-order valence-electron chi connectivity index (χ3n) is 2.75. The molecule has 20 heavy (non-hydrogen) atoms. The molecule has 0 aliphatic heterocycles. The van der Waals surface area contributed by atoms with E-state index in [2.05, 4.69) is 15.2 Å². The fourth-order valence-electron chi connectivity index (χ4n) is 1.82. The van der Waals surface area contributed by atoms with Gasteiger partial charge in [-0.25, -0.2) is 0 Å². The summed E-state index contributed by atoms with van der Waals surface area (Å²) in [5, 5.41) is 7.53. The van der Waals surface area contributed by atoms with Crippen molar-refractivity contribution in [3.05, 3.63) is 40.7 Å². The van der Waals surface area contributed by atoms with E-state index in [1.54, 1.807) is 16.8 Å². The molecule has 0 unspecified atom stereocenters. The predicted molar refractivity (Wildman–Crippen MR) is 73.4 cm³/mol. The summed E-state index contributed by atoms with van der Waals surface area (Å²) >= 11 is 5.88. The molecule has 2 aromatic rings. The molecule has 0 saturated carbocycles. The van der Waals surface area contributed by atoms with Crippen LogP contribution in [0.3, 0.4) is 0 Å². The first-order valence-electron chi connectivity index (χ1n) is 5.93. The first-order chi connectivity index (χ1) is 9.45. The normalized spacial score (nSPS) is 10.9. The van der Waals surface area contributed by atoms with E-state index in [1.165, 1.54) is 6.07 Å². The molecule has 0 atom stereocenters. The second-order valence-electron chi connectivity index (χ2n) is 4.29. The highest BCUT2D eigenvalue weighted by molar-refractivity contribution is 6.32. The van der Waals surface area contributed by atoms with Crippen LogP contribution in [0, 0.1) is 6.92 Å². The molecule has 1 aromatic carbocycles. The summed E-state index contributed by atoms with van der Waals surface area (Å²) in [5.41, 5.74) is 2.71. The van der Waals surface area contributed by atoms with E-state index >= 15 is 0 Å². The van der Waals surface area contributed by atoms with Gasteiger partial charge in [-0.2, -0.15) is 13.9 Å². The fourth-order valence-corrected chi connectivity index (χ4v) is 2.05. The Balaban J connectivity index is 2.03. The molecular formula is C13H14ClF2N3O. The largest absolute Gasteiger partial charge is 0.433 e. The van der Waals surface area contributed by atoms with Crippen molar-refractivity contribution in [1.82, 2.24) is 9.78 Å². The number of nitrogens with zero attached hydrogens (tertiary/aromatic N) is 2. The van der Waals surface area contributed by atoms with Gasteiger partial charge in [-0.3, -0.25) is 4.68 Å². The highest BCUT2D eigenvalue weighted by Crippen LogP contribution is 2.29. The molecule has 4 nitrogen and oxygen atoms in total. The highest BCUT2D eigenvalue weighted by atomic mass is 35.5. The molecule has 7 heteroatoms. The van der Waals surface area contributed by atoms with Gasteiger partial charge in [0, 0.05) is 31.0 Å². The molecule has 2 rings (SSSR count). The summed E-state index contributed by atoms with van der Waals surface area (Å²) < 4.78 is 30.2. The topological polar surface area (TPSA) is 39.1 Å². The van der Waals surface area contributed by atoms with Gasteiger partial charge in [-0.05, 0) is 25.1 Å². The SMILES string of the molecule is Cc1nn(C)cc1CNc1ccc(OC(F)F)c(Cl)c1. The lowest BCUT2D eigenvalue weighted by Gasteiger charge is -2.10. The average molecular weight is 302 g/mol. The zero-order valence-corrected chi connectivity index (χ0v) is 11.8. The number of aryl methyl sites for hydroxylation is 2. The smallest absolute Gasteiger partial charge is 0.387 e. The first kappa shape index (κ1) is 14.6. The summed E-state index contributed by atoms with van der Waals surface area (Å²) in [7, 11) is 1.85. The van der Waals surface area contributed by atoms with Crippen LogP contribution >= 0.6 is 11.6 Å². The van der Waals surface area contributed by atoms with Crippen LogP contribution < -0.4 is 10.1 Å². The summed E-state index contributed by atoms with van der Waals surface area (Å²) in [5.74, 6) is -0.0372. The molecule has 0 aliphatic rings. The van der Waals surface area contributed by atoms with Gasteiger partial charge in [0.05, 0.1) is 10.7 Å². The number of nitrogens with one attached hydrogen (secondary N) is 1. The minimum Gasteiger partial charge on any atom is -0.433 e. The molecule has 0 spiro atoms. The zero-order valence-electron chi connectivity index (χ0n) is 11.0. The van der Waals surface area contributed by atoms with Crippen LogP contribution in [0.15, 0.2) is 24.4 Å². The van der Waals surface area contributed by atoms with E-state index in [4.69, 9.17) is 11.6 Å². The standard InChI is InChI=1S/C13H14ClF2N3O/c1-8-9(7-19(2)18-8)6-17-10-3-4-12(11(14)5-10)20-13(15)16/h3-5,7,13,17H,6H2,1-2H3. The van der Waals surface area contributed by atoms with Gasteiger partial charge in [0.25, 0.3) is 0 Å². The number of benzene rings is 1. The molecule has 0 amide bonds. The van der Waals surface area contributed by atoms with Gasteiger partial charge in [-0.1, -0.05) is 11.6 Å². The summed E-state index contributed by atoms with van der Waals surface area (Å²) in [6.07, 6.45) is 1.91. The van der Waals surface area contributed by atoms with E-state index < -0.39 is 6.61 Å². The Bertz CT molecular complexity index is 601. The molecule has 0 radical (unpaired) electrons. The number of aromatic nitrogens is 2. The van der Waals surface area contributed by atoms with E-state index in [9.17, 15) is 8.78 Å². The second-order valence-corrected chi connectivity index (χ2v) is 4.70. The van der Waals surface area contributed by atoms with Gasteiger partial charge in [0.2, 0.25) is 0 Å². The van der Waals surface area contributed by atoms with Crippen LogP contribution in [0.25, 0.3) is 0 Å². The number of rotatable bonds is 5. The molecule has 0 aliphatic carbocycles. The molecule has 1 aromatic heterocycles. The van der Waals surface area contributed by atoms with Crippen LogP contribution in [0.1, 0.15) is 11.3 Å². The quantitative estimate of drug-likeness (QED) is 0.917. The lowest BCUT2D eigenvalue weighted by atomic mass is 10.2. The number of hydrogen-bond acceptors (Lipinski definition) is 3. The Morgan fingerprint density at radius 1 is 1.45 bits per heavy atom. The average Bonchev–Trinajstić information content (AvgIpc) is 2.68. The molecule has 0 bridgehead atoms. The van der Waals surface area contributed by atoms with Crippen LogP contribution in [0.2, 0.25) is 5.02 Å². The zero-order chi connectivity index (χ0) is 14.7. The summed E-state index contributed by atoms with van der Waals surface area (Å²) in [4.78, 5) is 0. The molecular weight excluding hydrogens is 288 g/mol. The van der Waals surface area contributed by atoms with Gasteiger partial charge in [0.15, 0.2) is 0 Å². The third-order valence-corrected chi connectivity index (χ3v) is 3.04. The van der Waals surface area contributed by atoms with Crippen molar-refractivity contribution in [1.29, 1.82) is 0 Å². The maximum Gasteiger partial charge on any atom is 0.387 e. The molecule has 0 saturated heterocycles. The highest BCUT2D eigenvalue weighted by Gasteiger charge is 2.09. The van der Waals surface area contributed by atoms with Crippen molar-refractivity contribution in [3.63, 3.8) is 0 Å². The van der Waals surface area contributed by atoms with Crippen LogP contribution in [-0.4, -0.2) is 16.4 Å². The van der Waals surface area contributed by atoms with Crippen molar-refractivity contribution in [2.45, 2.75) is 20.1 Å². The maximum absolute atomic E-state index is 12.1. The lowest BCUT2D eigenvalue weighted by Crippen LogP contribution is -2.03. The van der Waals surface area contributed by atoms with Crippen LogP contribution in [0.5, 0.6) is 5.75 Å². The Kier molecular flexibility index (Phi) is 4.44. The van der Waals surface area contributed by atoms with Crippen molar-refractivity contribution in [2.75, 3.05) is 5.32 Å². The number of halogens is 3. The van der Waals surface area contributed by atoms with Gasteiger partial charge >= 0.3 is 6.61 Å². The van der Waals surface area contributed by atoms with Gasteiger partial charge in [0.1, 0.15) is 5.75 Å². The monoisotopic (exact) mass is 301 g/mol. The summed E-state index contributed by atoms with van der Waals surface area (Å²) in [6, 6.07) is 4.59. The first-order valence-corrected chi connectivity index (χ1v) is 6.31.